The van der Waals surface area contributed by atoms with E-state index in [0.29, 0.717) is 39.4 Å². The minimum Gasteiger partial charge on any atom is -0.480 e. The number of nitrogens with zero attached hydrogens (tertiary/aromatic N) is 7. The Bertz CT molecular complexity index is 3590. The summed E-state index contributed by atoms with van der Waals surface area (Å²) in [6.45, 7) is 13.1. The van der Waals surface area contributed by atoms with Gasteiger partial charge in [0, 0.05) is 122 Å². The van der Waals surface area contributed by atoms with Crippen LogP contribution >= 0.6 is 31.9 Å². The third-order valence-corrected chi connectivity index (χ3v) is 16.7. The standard InChI is InChI=1S/C37H39BrN4O3.C29H31N3O4.C9H11Br/c1-28-8-9-30(25-39-28)14-19-36(43)42(27-32-12-17-34(18-13-32)41-20-22-45-23-21-41)35(24-29-6-4-3-5-7-29)37(44)40(2)26-31-10-15-33(38)16-11-31;1-22-7-8-24(20-30-22)11-14-28(33)32(27(29(34)35)19-23-5-3-2-4-6-23)21-25-9-12-26(13-10-25)31-15-17-36-18-16-31;1-2-3-8-4-6-9(10)7-5-8/h3-19,25,35H,20-24,26-27H2,1-2H3;2-14,20,27H,15-19,21H2,1H3,(H,34,35);4-7H,2-3H2,1H3/b19-14+;14-11+;/t35-;27-;/m00./s1. The molecule has 6 aromatic carbocycles. The topological polar surface area (TPSA) is 149 Å². The highest BCUT2D eigenvalue weighted by atomic mass is 79.9. The summed E-state index contributed by atoms with van der Waals surface area (Å²) >= 11 is 6.88. The molecule has 2 atom stereocenters. The van der Waals surface area contributed by atoms with Crippen molar-refractivity contribution >= 4 is 79.1 Å². The molecule has 0 unspecified atom stereocenters. The van der Waals surface area contributed by atoms with Crippen molar-refractivity contribution in [3.63, 3.8) is 0 Å². The van der Waals surface area contributed by atoms with E-state index in [2.05, 4.69) is 94.9 Å². The summed E-state index contributed by atoms with van der Waals surface area (Å²) in [6.07, 6.45) is 12.9. The van der Waals surface area contributed by atoms with Crippen LogP contribution in [0.5, 0.6) is 0 Å². The Morgan fingerprint density at radius 3 is 1.29 bits per heavy atom. The van der Waals surface area contributed by atoms with Crippen molar-refractivity contribution in [1.82, 2.24) is 24.7 Å². The molecule has 3 amide bonds. The molecule has 2 aliphatic heterocycles. The number of hydrogen-bond acceptors (Lipinski definition) is 10. The van der Waals surface area contributed by atoms with Gasteiger partial charge in [0.1, 0.15) is 12.1 Å². The molecule has 4 heterocycles. The molecule has 0 radical (unpaired) electrons. The van der Waals surface area contributed by atoms with E-state index in [0.717, 1.165) is 96.8 Å². The zero-order valence-corrected chi connectivity index (χ0v) is 55.5. The maximum atomic E-state index is 14.3. The lowest BCUT2D eigenvalue weighted by Crippen LogP contribution is -2.50. The Labute approximate surface area is 553 Å². The molecule has 91 heavy (non-hydrogen) atoms. The van der Waals surface area contributed by atoms with E-state index in [9.17, 15) is 24.3 Å². The molecule has 2 fully saturated rings. The average Bonchev–Trinajstić information content (AvgIpc) is 1.85. The van der Waals surface area contributed by atoms with E-state index in [-0.39, 0.29) is 37.2 Å². The molecule has 2 aromatic heterocycles. The summed E-state index contributed by atoms with van der Waals surface area (Å²) in [5, 5.41) is 10.1. The molecule has 472 valence electrons. The van der Waals surface area contributed by atoms with E-state index >= 15 is 0 Å². The number of hydrogen-bond donors (Lipinski definition) is 1. The minimum atomic E-state index is -1.04. The van der Waals surface area contributed by atoms with Gasteiger partial charge >= 0.3 is 5.97 Å². The Balaban J connectivity index is 0.000000207. The molecule has 8 aromatic rings. The summed E-state index contributed by atoms with van der Waals surface area (Å²) in [5.74, 6) is -1.76. The maximum Gasteiger partial charge on any atom is 0.326 e. The molecule has 14 nitrogen and oxygen atoms in total. The number of carboxylic acids is 1. The lowest BCUT2D eigenvalue weighted by Gasteiger charge is -2.34. The van der Waals surface area contributed by atoms with Crippen molar-refractivity contribution in [2.75, 3.05) is 69.5 Å². The van der Waals surface area contributed by atoms with Crippen LogP contribution in [0.1, 0.15) is 69.2 Å². The predicted octanol–water partition coefficient (Wildman–Crippen LogP) is 13.7. The fourth-order valence-corrected chi connectivity index (χ4v) is 11.0. The molecule has 0 saturated carbocycles. The van der Waals surface area contributed by atoms with Crippen molar-refractivity contribution in [2.24, 2.45) is 0 Å². The largest absolute Gasteiger partial charge is 0.480 e. The molecule has 1 N–H and O–H groups in total. The number of aryl methyl sites for hydroxylation is 3. The average molecular weight is 1350 g/mol. The highest BCUT2D eigenvalue weighted by molar-refractivity contribution is 9.10. The van der Waals surface area contributed by atoms with Crippen LogP contribution in [0.4, 0.5) is 11.4 Å². The lowest BCUT2D eigenvalue weighted by molar-refractivity contribution is -0.148. The van der Waals surface area contributed by atoms with Gasteiger partial charge in [-0.2, -0.15) is 0 Å². The van der Waals surface area contributed by atoms with Crippen LogP contribution in [0.3, 0.4) is 0 Å². The normalized spacial score (nSPS) is 13.7. The first kappa shape index (κ1) is 68.4. The van der Waals surface area contributed by atoms with Gasteiger partial charge in [-0.15, -0.1) is 0 Å². The smallest absolute Gasteiger partial charge is 0.326 e. The van der Waals surface area contributed by atoms with Crippen LogP contribution < -0.4 is 9.80 Å². The lowest BCUT2D eigenvalue weighted by atomic mass is 10.0. The summed E-state index contributed by atoms with van der Waals surface area (Å²) in [6, 6.07) is 57.8. The summed E-state index contributed by atoms with van der Waals surface area (Å²) in [7, 11) is 1.80. The highest BCUT2D eigenvalue weighted by Gasteiger charge is 2.33. The third kappa shape index (κ3) is 22.1. The van der Waals surface area contributed by atoms with Gasteiger partial charge in [-0.25, -0.2) is 4.79 Å². The molecular formula is C75H81Br2N7O7. The van der Waals surface area contributed by atoms with Gasteiger partial charge < -0.3 is 39.1 Å². The maximum absolute atomic E-state index is 14.3. The van der Waals surface area contributed by atoms with Gasteiger partial charge in [-0.1, -0.05) is 167 Å². The molecule has 0 bridgehead atoms. The number of morpholine rings is 2. The SMILES string of the molecule is CCCc1ccc(Br)cc1.Cc1ccc(/C=C/C(=O)N(Cc2ccc(N3CCOCC3)cc2)[C@@H](Cc2ccccc2)C(=O)N(C)Cc2ccc(Br)cc2)cn1.Cc1ccc(/C=C/C(=O)N(Cc2ccc(N3CCOCC3)cc2)[C@@H](Cc2ccccc2)C(=O)O)cn1. The van der Waals surface area contributed by atoms with Crippen molar-refractivity contribution < 1.29 is 33.8 Å². The van der Waals surface area contributed by atoms with Crippen LogP contribution in [0, 0.1) is 13.8 Å². The van der Waals surface area contributed by atoms with Gasteiger partial charge in [-0.3, -0.25) is 24.4 Å². The molecule has 0 spiro atoms. The molecule has 10 rings (SSSR count). The Hall–Kier alpha value is -8.54. The zero-order valence-electron chi connectivity index (χ0n) is 52.3. The van der Waals surface area contributed by atoms with E-state index in [1.807, 2.05) is 159 Å². The first-order valence-electron chi connectivity index (χ1n) is 30.9. The molecule has 16 heteroatoms. The van der Waals surface area contributed by atoms with Gasteiger partial charge in [0.05, 0.1) is 26.4 Å². The minimum absolute atomic E-state index is 0.120. The second-order valence-corrected chi connectivity index (χ2v) is 24.4. The number of likely N-dealkylation sites (N-methyl/N-ethyl adjacent to an activating group) is 1. The monoisotopic (exact) mass is 1350 g/mol. The number of anilines is 2. The highest BCUT2D eigenvalue weighted by Crippen LogP contribution is 2.24. The first-order valence-corrected chi connectivity index (χ1v) is 32.5. The van der Waals surface area contributed by atoms with E-state index < -0.39 is 18.1 Å². The number of rotatable bonds is 22. The summed E-state index contributed by atoms with van der Waals surface area (Å²) < 4.78 is 13.1. The Morgan fingerprint density at radius 2 is 0.890 bits per heavy atom. The van der Waals surface area contributed by atoms with Crippen LogP contribution in [0.2, 0.25) is 0 Å². The van der Waals surface area contributed by atoms with Crippen LogP contribution in [0.15, 0.2) is 215 Å². The van der Waals surface area contributed by atoms with Crippen LogP contribution in [-0.2, 0) is 67.5 Å². The first-order chi connectivity index (χ1) is 44.2. The number of pyridine rings is 2. The van der Waals surface area contributed by atoms with Gasteiger partial charge in [-0.05, 0) is 138 Å². The number of aliphatic carboxylic acids is 1. The van der Waals surface area contributed by atoms with E-state index in [4.69, 9.17) is 9.47 Å². The number of carbonyl (C=O) groups is 4. The van der Waals surface area contributed by atoms with Crippen molar-refractivity contribution in [3.05, 3.63) is 271 Å². The Kier molecular flexibility index (Phi) is 26.9. The number of carboxylic acid groups (broad SMARTS) is 1. The van der Waals surface area contributed by atoms with E-state index in [1.165, 1.54) is 29.4 Å². The quantitative estimate of drug-likeness (QED) is 0.0646. The van der Waals surface area contributed by atoms with Gasteiger partial charge in [0.2, 0.25) is 17.7 Å². The predicted molar refractivity (Wildman–Crippen MR) is 370 cm³/mol. The summed E-state index contributed by atoms with van der Waals surface area (Å²) in [5.41, 5.74) is 11.7. The van der Waals surface area contributed by atoms with Crippen molar-refractivity contribution in [3.8, 4) is 0 Å². The fraction of sp³-hybridized carbons (Fsp3) is 0.280. The summed E-state index contributed by atoms with van der Waals surface area (Å²) in [4.78, 5) is 72.1. The van der Waals surface area contributed by atoms with Crippen LogP contribution in [-0.4, -0.2) is 125 Å². The van der Waals surface area contributed by atoms with Crippen molar-refractivity contribution in [1.29, 1.82) is 0 Å². The molecule has 0 aliphatic carbocycles. The Morgan fingerprint density at radius 1 is 0.505 bits per heavy atom. The molecule has 2 aliphatic rings. The van der Waals surface area contributed by atoms with Gasteiger partial charge in [0.25, 0.3) is 0 Å². The number of ether oxygens (including phenoxy) is 2. The number of aromatic nitrogens is 2. The number of benzene rings is 6. The number of amides is 3. The molecular weight excluding hydrogens is 1270 g/mol. The number of halogens is 2. The number of carbonyl (C=O) groups excluding carboxylic acids is 3. The fourth-order valence-electron chi connectivity index (χ4n) is 10.5. The zero-order chi connectivity index (χ0) is 64.3. The van der Waals surface area contributed by atoms with Crippen LogP contribution in [0.25, 0.3) is 12.2 Å². The van der Waals surface area contributed by atoms with Gasteiger partial charge in [0.15, 0.2) is 0 Å². The van der Waals surface area contributed by atoms with Crippen molar-refractivity contribution in [2.45, 2.75) is 78.2 Å². The third-order valence-electron chi connectivity index (χ3n) is 15.6. The second kappa shape index (κ2) is 35.7. The van der Waals surface area contributed by atoms with E-state index in [1.54, 1.807) is 47.5 Å². The molecule has 2 saturated heterocycles. The second-order valence-electron chi connectivity index (χ2n) is 22.5.